The molecule has 2 aromatic heterocycles. The van der Waals surface area contributed by atoms with Crippen molar-refractivity contribution in [1.29, 1.82) is 15.8 Å². The van der Waals surface area contributed by atoms with Crippen molar-refractivity contribution < 1.29 is 0 Å². The van der Waals surface area contributed by atoms with Gasteiger partial charge in [0.2, 0.25) is 0 Å². The summed E-state index contributed by atoms with van der Waals surface area (Å²) in [6.45, 7) is 0. The number of thiophene rings is 2. The lowest BCUT2D eigenvalue weighted by Crippen LogP contribution is -1.96. The predicted octanol–water partition coefficient (Wildman–Crippen LogP) is 11.0. The molecule has 0 bridgehead atoms. The van der Waals surface area contributed by atoms with Crippen LogP contribution in [-0.2, 0) is 0 Å². The third-order valence-corrected chi connectivity index (χ3v) is 10.6. The Morgan fingerprint density at radius 1 is 0.432 bits per heavy atom. The fourth-order valence-corrected chi connectivity index (χ4v) is 8.57. The van der Waals surface area contributed by atoms with Gasteiger partial charge in [0.1, 0.15) is 6.07 Å². The van der Waals surface area contributed by atoms with Crippen LogP contribution >= 0.6 is 22.7 Å². The summed E-state index contributed by atoms with van der Waals surface area (Å²) in [6, 6.07) is 45.6. The molecule has 202 valence electrons. The van der Waals surface area contributed by atoms with E-state index in [1.165, 1.54) is 24.9 Å². The topological polar surface area (TPSA) is 71.4 Å². The van der Waals surface area contributed by atoms with E-state index in [2.05, 4.69) is 84.9 Å². The normalized spacial score (nSPS) is 11.1. The minimum atomic E-state index is 0.421. The van der Waals surface area contributed by atoms with E-state index in [1.807, 2.05) is 30.3 Å². The van der Waals surface area contributed by atoms with Crippen molar-refractivity contribution in [2.24, 2.45) is 0 Å². The molecule has 3 nitrogen and oxygen atoms in total. The van der Waals surface area contributed by atoms with Crippen LogP contribution in [0.15, 0.2) is 115 Å². The van der Waals surface area contributed by atoms with Gasteiger partial charge in [-0.3, -0.25) is 0 Å². The van der Waals surface area contributed by atoms with Crippen LogP contribution in [0.4, 0.5) is 0 Å². The zero-order valence-corrected chi connectivity index (χ0v) is 24.8. The van der Waals surface area contributed by atoms with Gasteiger partial charge in [0.25, 0.3) is 0 Å². The summed E-state index contributed by atoms with van der Waals surface area (Å²) >= 11 is 3.47. The maximum absolute atomic E-state index is 10.8. The summed E-state index contributed by atoms with van der Waals surface area (Å²) < 4.78 is 4.68. The number of nitrogens with zero attached hydrogens (tertiary/aromatic N) is 3. The lowest BCUT2D eigenvalue weighted by atomic mass is 9.85. The second-order valence-electron chi connectivity index (χ2n) is 10.6. The lowest BCUT2D eigenvalue weighted by Gasteiger charge is -2.16. The number of hydrogen-bond acceptors (Lipinski definition) is 5. The van der Waals surface area contributed by atoms with Crippen LogP contribution in [0.3, 0.4) is 0 Å². The zero-order valence-electron chi connectivity index (χ0n) is 23.1. The van der Waals surface area contributed by atoms with Crippen molar-refractivity contribution in [3.63, 3.8) is 0 Å². The Morgan fingerprint density at radius 3 is 1.77 bits per heavy atom. The summed E-state index contributed by atoms with van der Waals surface area (Å²) in [5, 5.41) is 35.6. The number of fused-ring (bicyclic) bond motifs is 6. The first-order valence-electron chi connectivity index (χ1n) is 14.0. The average Bonchev–Trinajstić information content (AvgIpc) is 3.65. The van der Waals surface area contributed by atoms with Gasteiger partial charge in [-0.15, -0.1) is 22.7 Å². The van der Waals surface area contributed by atoms with E-state index >= 15 is 0 Å². The standard InChI is InChI=1S/C39H19N3S2/c40-20-24-7-5-8-25(21-41)38(24)26-18-31(23-15-16-37-33(17-23)28-10-2-3-13-35(28)43-37)34(22-42)32(19-26)30-12-6-11-29-27-9-1-4-14-36(27)44-39(29)30/h1-19H. The highest BCUT2D eigenvalue weighted by Gasteiger charge is 2.21. The van der Waals surface area contributed by atoms with E-state index in [4.69, 9.17) is 0 Å². The molecule has 8 aromatic rings. The van der Waals surface area contributed by atoms with Crippen molar-refractivity contribution in [2.45, 2.75) is 0 Å². The summed E-state index contributed by atoms with van der Waals surface area (Å²) in [6.07, 6.45) is 0. The second-order valence-corrected chi connectivity index (χ2v) is 12.7. The fraction of sp³-hybridized carbons (Fsp3) is 0. The van der Waals surface area contributed by atoms with Crippen molar-refractivity contribution in [3.05, 3.63) is 132 Å². The highest BCUT2D eigenvalue weighted by molar-refractivity contribution is 7.26. The summed E-state index contributed by atoms with van der Waals surface area (Å²) in [5.74, 6) is 0. The van der Waals surface area contributed by atoms with Gasteiger partial charge in [-0.2, -0.15) is 15.8 Å². The Hall–Kier alpha value is -5.77. The number of benzene rings is 6. The molecule has 0 aliphatic carbocycles. The van der Waals surface area contributed by atoms with Crippen molar-refractivity contribution in [3.8, 4) is 51.6 Å². The molecule has 0 saturated carbocycles. The van der Waals surface area contributed by atoms with E-state index in [0.29, 0.717) is 22.3 Å². The van der Waals surface area contributed by atoms with Crippen molar-refractivity contribution >= 4 is 63.0 Å². The first-order chi connectivity index (χ1) is 21.7. The molecule has 0 saturated heterocycles. The lowest BCUT2D eigenvalue weighted by molar-refractivity contribution is 1.43. The quantitative estimate of drug-likeness (QED) is 0.205. The second kappa shape index (κ2) is 10.2. The van der Waals surface area contributed by atoms with E-state index in [9.17, 15) is 15.8 Å². The van der Waals surface area contributed by atoms with E-state index in [1.54, 1.807) is 40.9 Å². The van der Waals surface area contributed by atoms with Gasteiger partial charge >= 0.3 is 0 Å². The van der Waals surface area contributed by atoms with E-state index in [-0.39, 0.29) is 0 Å². The van der Waals surface area contributed by atoms with Gasteiger partial charge in [0, 0.05) is 62.6 Å². The number of hydrogen-bond donors (Lipinski definition) is 0. The molecule has 0 spiro atoms. The third kappa shape index (κ3) is 3.91. The van der Waals surface area contributed by atoms with Gasteiger partial charge in [-0.05, 0) is 59.7 Å². The van der Waals surface area contributed by atoms with Crippen molar-refractivity contribution in [2.75, 3.05) is 0 Å². The van der Waals surface area contributed by atoms with Crippen LogP contribution < -0.4 is 0 Å². The van der Waals surface area contributed by atoms with Crippen LogP contribution in [-0.4, -0.2) is 0 Å². The average molecular weight is 594 g/mol. The SMILES string of the molecule is N#Cc1cccc(C#N)c1-c1cc(-c2ccc3sc4ccccc4c3c2)c(C#N)c(-c2cccc3c2sc2ccccc23)c1. The summed E-state index contributed by atoms with van der Waals surface area (Å²) in [4.78, 5) is 0. The summed E-state index contributed by atoms with van der Waals surface area (Å²) in [7, 11) is 0. The van der Waals surface area contributed by atoms with Crippen LogP contribution in [0.2, 0.25) is 0 Å². The summed E-state index contributed by atoms with van der Waals surface area (Å²) in [5.41, 5.74) is 6.14. The Balaban J connectivity index is 1.49. The molecule has 0 atom stereocenters. The van der Waals surface area contributed by atoms with Gasteiger partial charge in [0.15, 0.2) is 0 Å². The largest absolute Gasteiger partial charge is 0.192 e. The third-order valence-electron chi connectivity index (χ3n) is 8.23. The maximum Gasteiger partial charge on any atom is 0.100 e. The minimum Gasteiger partial charge on any atom is -0.192 e. The number of rotatable bonds is 3. The molecule has 0 aliphatic heterocycles. The molecule has 6 aromatic carbocycles. The highest BCUT2D eigenvalue weighted by Crippen LogP contribution is 2.45. The van der Waals surface area contributed by atoms with E-state index < -0.39 is 0 Å². The van der Waals surface area contributed by atoms with Gasteiger partial charge in [-0.25, -0.2) is 0 Å². The predicted molar refractivity (Wildman–Crippen MR) is 183 cm³/mol. The minimum absolute atomic E-state index is 0.421. The molecular formula is C39H19N3S2. The fourth-order valence-electron chi connectivity index (χ4n) is 6.25. The van der Waals surface area contributed by atoms with Crippen LogP contribution in [0.1, 0.15) is 16.7 Å². The van der Waals surface area contributed by atoms with E-state index in [0.717, 1.165) is 43.3 Å². The molecule has 8 rings (SSSR count). The molecule has 5 heteroatoms. The van der Waals surface area contributed by atoms with Crippen LogP contribution in [0.25, 0.3) is 73.7 Å². The zero-order chi connectivity index (χ0) is 29.8. The molecule has 2 heterocycles. The molecule has 0 N–H and O–H groups in total. The Morgan fingerprint density at radius 2 is 1.05 bits per heavy atom. The molecule has 0 radical (unpaired) electrons. The van der Waals surface area contributed by atoms with Gasteiger partial charge in [0.05, 0.1) is 28.8 Å². The monoisotopic (exact) mass is 593 g/mol. The molecule has 0 aliphatic rings. The molecular weight excluding hydrogens is 575 g/mol. The Labute approximate surface area is 261 Å². The van der Waals surface area contributed by atoms with Gasteiger partial charge < -0.3 is 0 Å². The molecule has 44 heavy (non-hydrogen) atoms. The van der Waals surface area contributed by atoms with Crippen LogP contribution in [0.5, 0.6) is 0 Å². The Kier molecular flexibility index (Phi) is 6.00. The molecule has 0 unspecified atom stereocenters. The molecule has 0 fully saturated rings. The first kappa shape index (κ1) is 25.9. The van der Waals surface area contributed by atoms with Crippen molar-refractivity contribution in [1.82, 2.24) is 0 Å². The maximum atomic E-state index is 10.8. The highest BCUT2D eigenvalue weighted by atomic mass is 32.1. The number of nitriles is 3. The van der Waals surface area contributed by atoms with Gasteiger partial charge in [-0.1, -0.05) is 66.7 Å². The van der Waals surface area contributed by atoms with Crippen LogP contribution in [0, 0.1) is 34.0 Å². The molecule has 0 amide bonds. The Bertz CT molecular complexity index is 2570. The first-order valence-corrected chi connectivity index (χ1v) is 15.7. The smallest absolute Gasteiger partial charge is 0.100 e.